The molecule has 0 aliphatic heterocycles. The number of ether oxygens (including phenoxy) is 1. The monoisotopic (exact) mass is 485 g/mol. The van der Waals surface area contributed by atoms with Gasteiger partial charge in [-0.25, -0.2) is 4.79 Å². The summed E-state index contributed by atoms with van der Waals surface area (Å²) in [5.74, 6) is -1.19. The van der Waals surface area contributed by atoms with Crippen LogP contribution >= 0.6 is 0 Å². The van der Waals surface area contributed by atoms with Gasteiger partial charge in [0, 0.05) is 12.6 Å². The summed E-state index contributed by atoms with van der Waals surface area (Å²) in [7, 11) is 0. The minimum absolute atomic E-state index is 0.0328. The number of hydrogen-bond acceptors (Lipinski definition) is 3. The number of carbonyl (C=O) groups is 2. The number of nitrogens with zero attached hydrogens (tertiary/aromatic N) is 1. The first kappa shape index (κ1) is 25.5. The Morgan fingerprint density at radius 3 is 1.97 bits per heavy atom. The van der Waals surface area contributed by atoms with Crippen LogP contribution in [0, 0.1) is 5.92 Å². The lowest BCUT2D eigenvalue weighted by Gasteiger charge is -2.44. The van der Waals surface area contributed by atoms with Gasteiger partial charge in [0.2, 0.25) is 0 Å². The fraction of sp³-hybridized carbons (Fsp3) is 0.355. The van der Waals surface area contributed by atoms with Gasteiger partial charge in [0.05, 0.1) is 5.92 Å². The fourth-order valence-electron chi connectivity index (χ4n) is 5.47. The number of benzene rings is 3. The molecule has 3 aromatic rings. The van der Waals surface area contributed by atoms with Crippen LogP contribution in [0.1, 0.15) is 55.7 Å². The molecule has 0 bridgehead atoms. The van der Waals surface area contributed by atoms with E-state index in [1.165, 1.54) is 5.56 Å². The molecule has 1 fully saturated rings. The summed E-state index contributed by atoms with van der Waals surface area (Å²) in [6.07, 6.45) is 3.55. The molecule has 1 N–H and O–H groups in total. The van der Waals surface area contributed by atoms with Crippen molar-refractivity contribution in [2.75, 3.05) is 0 Å². The summed E-state index contributed by atoms with van der Waals surface area (Å²) in [5, 5.41) is 9.63. The predicted octanol–water partition coefficient (Wildman–Crippen LogP) is 6.82. The molecule has 5 heteroatoms. The molecule has 1 amide bonds. The zero-order chi connectivity index (χ0) is 25.4. The van der Waals surface area contributed by atoms with Gasteiger partial charge in [-0.05, 0) is 54.2 Å². The van der Waals surface area contributed by atoms with Gasteiger partial charge in [0.25, 0.3) is 0 Å². The van der Waals surface area contributed by atoms with Gasteiger partial charge in [-0.15, -0.1) is 0 Å². The van der Waals surface area contributed by atoms with Crippen molar-refractivity contribution in [3.63, 3.8) is 0 Å². The Morgan fingerprint density at radius 1 is 0.889 bits per heavy atom. The molecule has 1 aliphatic carbocycles. The van der Waals surface area contributed by atoms with E-state index in [1.54, 1.807) is 6.92 Å². The molecule has 36 heavy (non-hydrogen) atoms. The SMILES string of the molecule is CC(CC1(c2ccccc2)CCC(N(Cc2ccccc2)C(=O)OCc2ccccc2)CC1)C(=O)O. The van der Waals surface area contributed by atoms with Crippen LogP contribution in [-0.4, -0.2) is 28.1 Å². The van der Waals surface area contributed by atoms with Crippen LogP contribution in [-0.2, 0) is 28.1 Å². The lowest BCUT2D eigenvalue weighted by Crippen LogP contribution is -2.46. The van der Waals surface area contributed by atoms with E-state index in [0.717, 1.165) is 36.8 Å². The zero-order valence-corrected chi connectivity index (χ0v) is 20.9. The first-order chi connectivity index (χ1) is 17.5. The lowest BCUT2D eigenvalue weighted by atomic mass is 9.64. The van der Waals surface area contributed by atoms with Crippen molar-refractivity contribution in [1.29, 1.82) is 0 Å². The van der Waals surface area contributed by atoms with E-state index in [-0.39, 0.29) is 24.2 Å². The Kier molecular flexibility index (Phi) is 8.42. The Hall–Kier alpha value is -3.60. The van der Waals surface area contributed by atoms with Gasteiger partial charge in [-0.3, -0.25) is 4.79 Å². The molecule has 1 unspecified atom stereocenters. The van der Waals surface area contributed by atoms with Crippen LogP contribution in [0.2, 0.25) is 0 Å². The maximum absolute atomic E-state index is 13.3. The van der Waals surface area contributed by atoms with Gasteiger partial charge < -0.3 is 14.7 Å². The molecule has 5 nitrogen and oxygen atoms in total. The molecule has 3 aromatic carbocycles. The van der Waals surface area contributed by atoms with Gasteiger partial charge in [0.15, 0.2) is 0 Å². The third-order valence-corrected chi connectivity index (χ3v) is 7.49. The van der Waals surface area contributed by atoms with E-state index in [1.807, 2.05) is 83.8 Å². The van der Waals surface area contributed by atoms with Crippen LogP contribution in [0.5, 0.6) is 0 Å². The molecule has 0 spiro atoms. The van der Waals surface area contributed by atoms with Crippen molar-refractivity contribution in [1.82, 2.24) is 4.90 Å². The Morgan fingerprint density at radius 2 is 1.42 bits per heavy atom. The first-order valence-electron chi connectivity index (χ1n) is 12.8. The van der Waals surface area contributed by atoms with E-state index in [4.69, 9.17) is 4.74 Å². The maximum atomic E-state index is 13.3. The number of aliphatic carboxylic acids is 1. The summed E-state index contributed by atoms with van der Waals surface area (Å²) in [5.41, 5.74) is 3.01. The van der Waals surface area contributed by atoms with Gasteiger partial charge in [0.1, 0.15) is 6.61 Å². The predicted molar refractivity (Wildman–Crippen MR) is 140 cm³/mol. The van der Waals surface area contributed by atoms with Crippen molar-refractivity contribution in [2.24, 2.45) is 5.92 Å². The van der Waals surface area contributed by atoms with Crippen molar-refractivity contribution in [2.45, 2.75) is 63.6 Å². The topological polar surface area (TPSA) is 66.8 Å². The molecule has 4 rings (SSSR count). The second-order valence-electron chi connectivity index (χ2n) is 9.97. The van der Waals surface area contributed by atoms with Crippen molar-refractivity contribution in [3.8, 4) is 0 Å². The minimum atomic E-state index is -0.761. The molecule has 1 aliphatic rings. The zero-order valence-electron chi connectivity index (χ0n) is 20.9. The summed E-state index contributed by atoms with van der Waals surface area (Å²) in [6.45, 7) is 2.52. The highest BCUT2D eigenvalue weighted by atomic mass is 16.6. The number of carboxylic acids is 1. The molecule has 188 valence electrons. The number of rotatable bonds is 9. The number of carbonyl (C=O) groups excluding carboxylic acids is 1. The Balaban J connectivity index is 1.52. The lowest BCUT2D eigenvalue weighted by molar-refractivity contribution is -0.142. The molecule has 1 saturated carbocycles. The summed E-state index contributed by atoms with van der Waals surface area (Å²) in [6, 6.07) is 30.0. The van der Waals surface area contributed by atoms with E-state index < -0.39 is 11.9 Å². The second kappa shape index (κ2) is 11.9. The minimum Gasteiger partial charge on any atom is -0.481 e. The van der Waals surface area contributed by atoms with Crippen LogP contribution in [0.3, 0.4) is 0 Å². The number of carboxylic acid groups (broad SMARTS) is 1. The highest BCUT2D eigenvalue weighted by molar-refractivity contribution is 5.70. The molecule has 0 radical (unpaired) electrons. The van der Waals surface area contributed by atoms with Gasteiger partial charge in [-0.1, -0.05) is 97.9 Å². The van der Waals surface area contributed by atoms with Gasteiger partial charge >= 0.3 is 12.1 Å². The fourth-order valence-corrected chi connectivity index (χ4v) is 5.47. The van der Waals surface area contributed by atoms with E-state index in [9.17, 15) is 14.7 Å². The average Bonchev–Trinajstić information content (AvgIpc) is 2.92. The van der Waals surface area contributed by atoms with Crippen molar-refractivity contribution >= 4 is 12.1 Å². The van der Waals surface area contributed by atoms with E-state index in [2.05, 4.69) is 12.1 Å². The third kappa shape index (κ3) is 6.34. The van der Waals surface area contributed by atoms with Crippen molar-refractivity contribution in [3.05, 3.63) is 108 Å². The van der Waals surface area contributed by atoms with Crippen LogP contribution < -0.4 is 0 Å². The third-order valence-electron chi connectivity index (χ3n) is 7.49. The Labute approximate surface area is 213 Å². The van der Waals surface area contributed by atoms with Crippen LogP contribution in [0.15, 0.2) is 91.0 Å². The van der Waals surface area contributed by atoms with Crippen molar-refractivity contribution < 1.29 is 19.4 Å². The first-order valence-corrected chi connectivity index (χ1v) is 12.8. The molecule has 0 heterocycles. The second-order valence-corrected chi connectivity index (χ2v) is 9.97. The highest BCUT2D eigenvalue weighted by Crippen LogP contribution is 2.45. The summed E-state index contributed by atoms with van der Waals surface area (Å²) < 4.78 is 5.76. The van der Waals surface area contributed by atoms with Gasteiger partial charge in [-0.2, -0.15) is 0 Å². The standard InChI is InChI=1S/C31H35NO4/c1-24(29(33)34)21-31(27-15-9-4-10-16-27)19-17-28(18-20-31)32(22-25-11-5-2-6-12-25)30(35)36-23-26-13-7-3-8-14-26/h2-16,24,28H,17-23H2,1H3,(H,33,34). The van der Waals surface area contributed by atoms with E-state index >= 15 is 0 Å². The Bertz CT molecular complexity index is 1110. The number of amides is 1. The van der Waals surface area contributed by atoms with Crippen LogP contribution in [0.25, 0.3) is 0 Å². The molecule has 1 atom stereocenters. The smallest absolute Gasteiger partial charge is 0.410 e. The molecular weight excluding hydrogens is 450 g/mol. The molecule has 0 saturated heterocycles. The highest BCUT2D eigenvalue weighted by Gasteiger charge is 2.41. The summed E-state index contributed by atoms with van der Waals surface area (Å²) in [4.78, 5) is 26.9. The number of hydrogen-bond donors (Lipinski definition) is 1. The molecule has 0 aromatic heterocycles. The van der Waals surface area contributed by atoms with Crippen LogP contribution in [0.4, 0.5) is 4.79 Å². The largest absolute Gasteiger partial charge is 0.481 e. The maximum Gasteiger partial charge on any atom is 0.410 e. The van der Waals surface area contributed by atoms with E-state index in [0.29, 0.717) is 13.0 Å². The average molecular weight is 486 g/mol. The molecular formula is C31H35NO4. The quantitative estimate of drug-likeness (QED) is 0.361. The normalized spacial score (nSPS) is 20.3. The summed E-state index contributed by atoms with van der Waals surface area (Å²) >= 11 is 0.